The van der Waals surface area contributed by atoms with Gasteiger partial charge in [-0.25, -0.2) is 9.97 Å². The maximum absolute atomic E-state index is 12.6. The number of para-hydroxylation sites is 1. The topological polar surface area (TPSA) is 84.0 Å². The van der Waals surface area contributed by atoms with Crippen LogP contribution in [0.25, 0.3) is 0 Å². The third kappa shape index (κ3) is 5.04. The Morgan fingerprint density at radius 2 is 1.72 bits per heavy atom. The molecule has 1 aromatic heterocycles. The number of hydrogen-bond donors (Lipinski definition) is 2. The van der Waals surface area contributed by atoms with Gasteiger partial charge in [-0.1, -0.05) is 51.1 Å². The molecule has 148 valence electrons. The maximum atomic E-state index is 12.6. The highest BCUT2D eigenvalue weighted by Crippen LogP contribution is 2.30. The molecule has 0 aliphatic carbocycles. The fourth-order valence-electron chi connectivity index (χ4n) is 2.92. The number of hydrogen-bond acceptors (Lipinski definition) is 5. The Labute approximate surface area is 170 Å². The number of nitrogens with one attached hydrogen (secondary N) is 2. The number of amides is 1. The Morgan fingerprint density at radius 3 is 2.45 bits per heavy atom. The van der Waals surface area contributed by atoms with Crippen LogP contribution in [0.4, 0.5) is 17.3 Å². The van der Waals surface area contributed by atoms with Gasteiger partial charge in [-0.05, 0) is 42.2 Å². The SMILES string of the molecule is CC(=O)c1cccc(NC(=O)c2ccnc(Nc3ccccc3C(C)(C)C)n2)c1. The minimum atomic E-state index is -0.375. The van der Waals surface area contributed by atoms with Crippen LogP contribution in [0.5, 0.6) is 0 Å². The lowest BCUT2D eigenvalue weighted by Gasteiger charge is -2.23. The van der Waals surface area contributed by atoms with Crippen molar-refractivity contribution in [2.24, 2.45) is 0 Å². The van der Waals surface area contributed by atoms with E-state index in [0.717, 1.165) is 11.3 Å². The molecule has 6 heteroatoms. The molecule has 2 aromatic carbocycles. The summed E-state index contributed by atoms with van der Waals surface area (Å²) in [6.07, 6.45) is 1.54. The zero-order chi connectivity index (χ0) is 21.0. The first-order valence-electron chi connectivity index (χ1n) is 9.36. The fraction of sp³-hybridized carbons (Fsp3) is 0.217. The van der Waals surface area contributed by atoms with E-state index in [9.17, 15) is 9.59 Å². The minimum absolute atomic E-state index is 0.0553. The standard InChI is InChI=1S/C23H24N4O2/c1-15(28)16-8-7-9-17(14-16)25-21(29)20-12-13-24-22(27-20)26-19-11-6-5-10-18(19)23(2,3)4/h5-14H,1-4H3,(H,25,29)(H,24,26,27). The molecule has 0 radical (unpaired) electrons. The molecule has 0 spiro atoms. The van der Waals surface area contributed by atoms with Crippen molar-refractivity contribution in [2.75, 3.05) is 10.6 Å². The zero-order valence-electron chi connectivity index (χ0n) is 17.0. The summed E-state index contributed by atoms with van der Waals surface area (Å²) in [6, 6.07) is 16.3. The van der Waals surface area contributed by atoms with Crippen molar-refractivity contribution < 1.29 is 9.59 Å². The van der Waals surface area contributed by atoms with Gasteiger partial charge in [0.1, 0.15) is 5.69 Å². The number of aromatic nitrogens is 2. The van der Waals surface area contributed by atoms with Gasteiger partial charge in [0.15, 0.2) is 5.78 Å². The van der Waals surface area contributed by atoms with Crippen molar-refractivity contribution in [3.8, 4) is 0 Å². The molecular weight excluding hydrogens is 364 g/mol. The number of ketones is 1. The average Bonchev–Trinajstić information content (AvgIpc) is 2.68. The van der Waals surface area contributed by atoms with Gasteiger partial charge in [-0.2, -0.15) is 0 Å². The summed E-state index contributed by atoms with van der Waals surface area (Å²) in [4.78, 5) is 32.7. The Morgan fingerprint density at radius 1 is 0.966 bits per heavy atom. The van der Waals surface area contributed by atoms with Gasteiger partial charge >= 0.3 is 0 Å². The lowest BCUT2D eigenvalue weighted by molar-refractivity contribution is 0.100. The number of Topliss-reactive ketones (excluding diaryl/α,β-unsaturated/α-hetero) is 1. The van der Waals surface area contributed by atoms with E-state index in [0.29, 0.717) is 17.2 Å². The number of rotatable bonds is 5. The number of anilines is 3. The van der Waals surface area contributed by atoms with Crippen molar-refractivity contribution >= 4 is 29.0 Å². The van der Waals surface area contributed by atoms with Crippen LogP contribution in [0.3, 0.4) is 0 Å². The van der Waals surface area contributed by atoms with Crippen molar-refractivity contribution in [3.63, 3.8) is 0 Å². The zero-order valence-corrected chi connectivity index (χ0v) is 17.0. The van der Waals surface area contributed by atoms with Crippen LogP contribution < -0.4 is 10.6 Å². The van der Waals surface area contributed by atoms with Crippen LogP contribution in [0.15, 0.2) is 60.8 Å². The summed E-state index contributed by atoms with van der Waals surface area (Å²) in [5, 5.41) is 5.99. The Balaban J connectivity index is 1.81. The summed E-state index contributed by atoms with van der Waals surface area (Å²) in [5.41, 5.74) is 3.26. The van der Waals surface area contributed by atoms with Crippen LogP contribution in [0.2, 0.25) is 0 Å². The fourth-order valence-corrected chi connectivity index (χ4v) is 2.92. The van der Waals surface area contributed by atoms with Gasteiger partial charge in [0.25, 0.3) is 5.91 Å². The molecule has 0 atom stereocenters. The molecule has 0 fully saturated rings. The number of nitrogens with zero attached hydrogens (tertiary/aromatic N) is 2. The molecule has 0 aliphatic rings. The van der Waals surface area contributed by atoms with Crippen molar-refractivity contribution in [2.45, 2.75) is 33.1 Å². The minimum Gasteiger partial charge on any atom is -0.324 e. The van der Waals surface area contributed by atoms with E-state index in [1.54, 1.807) is 30.3 Å². The number of carbonyl (C=O) groups excluding carboxylic acids is 2. The molecule has 1 amide bonds. The van der Waals surface area contributed by atoms with Gasteiger partial charge in [-0.15, -0.1) is 0 Å². The molecular formula is C23H24N4O2. The highest BCUT2D eigenvalue weighted by atomic mass is 16.2. The van der Waals surface area contributed by atoms with Gasteiger partial charge in [0, 0.05) is 23.1 Å². The van der Waals surface area contributed by atoms with E-state index < -0.39 is 0 Å². The van der Waals surface area contributed by atoms with Crippen LogP contribution in [0, 0.1) is 0 Å². The third-order valence-electron chi connectivity index (χ3n) is 4.40. The Hall–Kier alpha value is -3.54. The van der Waals surface area contributed by atoms with E-state index in [4.69, 9.17) is 0 Å². The van der Waals surface area contributed by atoms with Crippen molar-refractivity contribution in [1.82, 2.24) is 9.97 Å². The van der Waals surface area contributed by atoms with Gasteiger partial charge in [0.2, 0.25) is 5.95 Å². The second-order valence-electron chi connectivity index (χ2n) is 7.78. The first-order valence-corrected chi connectivity index (χ1v) is 9.36. The lowest BCUT2D eigenvalue weighted by Crippen LogP contribution is -2.16. The number of benzene rings is 2. The molecule has 3 rings (SSSR count). The smallest absolute Gasteiger partial charge is 0.274 e. The summed E-state index contributed by atoms with van der Waals surface area (Å²) in [6.45, 7) is 7.88. The predicted molar refractivity (Wildman–Crippen MR) is 115 cm³/mol. The van der Waals surface area contributed by atoms with Gasteiger partial charge in [-0.3, -0.25) is 9.59 Å². The van der Waals surface area contributed by atoms with E-state index >= 15 is 0 Å². The predicted octanol–water partition coefficient (Wildman–Crippen LogP) is 4.97. The highest BCUT2D eigenvalue weighted by Gasteiger charge is 2.18. The second kappa shape index (κ2) is 8.22. The van der Waals surface area contributed by atoms with E-state index in [1.807, 2.05) is 18.2 Å². The molecule has 0 saturated carbocycles. The molecule has 1 heterocycles. The van der Waals surface area contributed by atoms with Crippen molar-refractivity contribution in [3.05, 3.63) is 77.6 Å². The van der Waals surface area contributed by atoms with Gasteiger partial charge < -0.3 is 10.6 Å². The molecule has 0 bridgehead atoms. The molecule has 2 N–H and O–H groups in total. The van der Waals surface area contributed by atoms with Crippen LogP contribution >= 0.6 is 0 Å². The van der Waals surface area contributed by atoms with Crippen LogP contribution in [-0.2, 0) is 5.41 Å². The normalized spacial score (nSPS) is 11.0. The van der Waals surface area contributed by atoms with E-state index in [-0.39, 0.29) is 22.8 Å². The average molecular weight is 388 g/mol. The molecule has 0 saturated heterocycles. The molecule has 0 unspecified atom stereocenters. The Kier molecular flexibility index (Phi) is 5.73. The first-order chi connectivity index (χ1) is 13.7. The van der Waals surface area contributed by atoms with Crippen LogP contribution in [-0.4, -0.2) is 21.7 Å². The second-order valence-corrected chi connectivity index (χ2v) is 7.78. The first kappa shape index (κ1) is 20.2. The molecule has 6 nitrogen and oxygen atoms in total. The summed E-state index contributed by atoms with van der Waals surface area (Å²) >= 11 is 0. The molecule has 3 aromatic rings. The summed E-state index contributed by atoms with van der Waals surface area (Å²) in [5.74, 6) is -0.0979. The summed E-state index contributed by atoms with van der Waals surface area (Å²) < 4.78 is 0. The lowest BCUT2D eigenvalue weighted by atomic mass is 9.86. The monoisotopic (exact) mass is 388 g/mol. The Bertz CT molecular complexity index is 1050. The van der Waals surface area contributed by atoms with E-state index in [2.05, 4.69) is 47.4 Å². The quantitative estimate of drug-likeness (QED) is 0.603. The molecule has 29 heavy (non-hydrogen) atoms. The van der Waals surface area contributed by atoms with E-state index in [1.165, 1.54) is 13.1 Å². The third-order valence-corrected chi connectivity index (χ3v) is 4.40. The number of carbonyl (C=O) groups is 2. The molecule has 0 aliphatic heterocycles. The van der Waals surface area contributed by atoms with Crippen LogP contribution in [0.1, 0.15) is 54.1 Å². The van der Waals surface area contributed by atoms with Gasteiger partial charge in [0.05, 0.1) is 0 Å². The summed E-state index contributed by atoms with van der Waals surface area (Å²) in [7, 11) is 0. The largest absolute Gasteiger partial charge is 0.324 e. The highest BCUT2D eigenvalue weighted by molar-refractivity contribution is 6.04. The van der Waals surface area contributed by atoms with Crippen molar-refractivity contribution in [1.29, 1.82) is 0 Å². The maximum Gasteiger partial charge on any atom is 0.274 e.